The number of halogens is 1. The predicted molar refractivity (Wildman–Crippen MR) is 143 cm³/mol. The molecule has 5 rings (SSSR count). The number of ether oxygens (including phenoxy) is 1. The average Bonchev–Trinajstić information content (AvgIpc) is 3.23. The monoisotopic (exact) mass is 500 g/mol. The SMILES string of the molecule is Cc1cc2nc(Cc3ccc(F)cc3)n([C@@H](C(=O)NCCN3CCOCC3)c3ccccc3)c2cc1C. The summed E-state index contributed by atoms with van der Waals surface area (Å²) in [6, 6.07) is 19.9. The van der Waals surface area contributed by atoms with Gasteiger partial charge in [0.1, 0.15) is 17.7 Å². The second-order valence-corrected chi connectivity index (χ2v) is 9.68. The van der Waals surface area contributed by atoms with Crippen molar-refractivity contribution < 1.29 is 13.9 Å². The van der Waals surface area contributed by atoms with E-state index in [1.807, 2.05) is 30.3 Å². The molecule has 1 atom stereocenters. The van der Waals surface area contributed by atoms with Crippen LogP contribution in [0.1, 0.15) is 34.1 Å². The van der Waals surface area contributed by atoms with Crippen LogP contribution in [0.15, 0.2) is 66.7 Å². The first-order valence-corrected chi connectivity index (χ1v) is 12.8. The topological polar surface area (TPSA) is 59.4 Å². The summed E-state index contributed by atoms with van der Waals surface area (Å²) in [5.74, 6) is 0.423. The summed E-state index contributed by atoms with van der Waals surface area (Å²) in [5.41, 5.74) is 5.88. The van der Waals surface area contributed by atoms with Crippen molar-refractivity contribution in [1.82, 2.24) is 19.8 Å². The highest BCUT2D eigenvalue weighted by Crippen LogP contribution is 2.30. The van der Waals surface area contributed by atoms with Crippen molar-refractivity contribution >= 4 is 16.9 Å². The third-order valence-electron chi connectivity index (χ3n) is 7.11. The van der Waals surface area contributed by atoms with Gasteiger partial charge in [0, 0.05) is 32.6 Å². The fourth-order valence-electron chi connectivity index (χ4n) is 4.91. The number of aromatic nitrogens is 2. The highest BCUT2D eigenvalue weighted by atomic mass is 19.1. The number of hydrogen-bond acceptors (Lipinski definition) is 4. The first-order valence-electron chi connectivity index (χ1n) is 12.8. The molecule has 192 valence electrons. The van der Waals surface area contributed by atoms with E-state index >= 15 is 0 Å². The smallest absolute Gasteiger partial charge is 0.247 e. The Morgan fingerprint density at radius 1 is 1.03 bits per heavy atom. The van der Waals surface area contributed by atoms with Gasteiger partial charge in [0.2, 0.25) is 5.91 Å². The van der Waals surface area contributed by atoms with Crippen molar-refractivity contribution in [3.05, 3.63) is 101 Å². The van der Waals surface area contributed by atoms with Crippen LogP contribution in [-0.4, -0.2) is 59.8 Å². The van der Waals surface area contributed by atoms with Crippen LogP contribution in [0.4, 0.5) is 4.39 Å². The molecule has 2 heterocycles. The zero-order valence-electron chi connectivity index (χ0n) is 21.4. The van der Waals surface area contributed by atoms with Crippen LogP contribution in [0.25, 0.3) is 11.0 Å². The number of rotatable bonds is 8. The normalized spacial score (nSPS) is 15.1. The molecule has 37 heavy (non-hydrogen) atoms. The van der Waals surface area contributed by atoms with E-state index in [1.54, 1.807) is 12.1 Å². The molecule has 3 aromatic carbocycles. The molecule has 4 aromatic rings. The average molecular weight is 501 g/mol. The lowest BCUT2D eigenvalue weighted by atomic mass is 10.0. The summed E-state index contributed by atoms with van der Waals surface area (Å²) < 4.78 is 21.1. The van der Waals surface area contributed by atoms with E-state index in [0.717, 1.165) is 72.0 Å². The van der Waals surface area contributed by atoms with Gasteiger partial charge in [-0.15, -0.1) is 0 Å². The van der Waals surface area contributed by atoms with Gasteiger partial charge in [-0.2, -0.15) is 0 Å². The van der Waals surface area contributed by atoms with Gasteiger partial charge in [-0.3, -0.25) is 9.69 Å². The van der Waals surface area contributed by atoms with Gasteiger partial charge in [0.05, 0.1) is 24.2 Å². The number of carbonyl (C=O) groups excluding carboxylic acids is 1. The number of aryl methyl sites for hydroxylation is 2. The third-order valence-corrected chi connectivity index (χ3v) is 7.11. The van der Waals surface area contributed by atoms with E-state index in [-0.39, 0.29) is 11.7 Å². The van der Waals surface area contributed by atoms with Crippen LogP contribution in [0.5, 0.6) is 0 Å². The maximum atomic E-state index is 13.9. The molecular weight excluding hydrogens is 467 g/mol. The molecule has 0 unspecified atom stereocenters. The quantitative estimate of drug-likeness (QED) is 0.389. The second kappa shape index (κ2) is 11.2. The predicted octanol–water partition coefficient (Wildman–Crippen LogP) is 4.42. The number of nitrogens with zero attached hydrogens (tertiary/aromatic N) is 3. The Labute approximate surface area is 217 Å². The van der Waals surface area contributed by atoms with E-state index in [0.29, 0.717) is 13.0 Å². The van der Waals surface area contributed by atoms with E-state index in [1.165, 1.54) is 12.1 Å². The van der Waals surface area contributed by atoms with Crippen LogP contribution in [-0.2, 0) is 16.0 Å². The van der Waals surface area contributed by atoms with Gasteiger partial charge in [-0.05, 0) is 60.4 Å². The number of morpholine rings is 1. The molecule has 0 radical (unpaired) electrons. The standard InChI is InChI=1S/C30H33FN4O2/c1-21-18-26-27(19-22(21)2)35(28(33-26)20-23-8-10-25(31)11-9-23)29(24-6-4-3-5-7-24)30(36)32-12-13-34-14-16-37-17-15-34/h3-11,18-19,29H,12-17,20H2,1-2H3,(H,32,36)/t29-/m1/s1. The van der Waals surface area contributed by atoms with Crippen molar-refractivity contribution in [3.63, 3.8) is 0 Å². The Bertz CT molecular complexity index is 1360. The van der Waals surface area contributed by atoms with Gasteiger partial charge >= 0.3 is 0 Å². The Morgan fingerprint density at radius 3 is 2.46 bits per heavy atom. The number of nitrogens with one attached hydrogen (secondary N) is 1. The number of amides is 1. The highest BCUT2D eigenvalue weighted by Gasteiger charge is 2.28. The third kappa shape index (κ3) is 5.73. The number of fused-ring (bicyclic) bond motifs is 1. The van der Waals surface area contributed by atoms with Crippen molar-refractivity contribution in [2.45, 2.75) is 26.3 Å². The summed E-state index contributed by atoms with van der Waals surface area (Å²) in [6.07, 6.45) is 0.484. The number of hydrogen-bond donors (Lipinski definition) is 1. The summed E-state index contributed by atoms with van der Waals surface area (Å²) in [7, 11) is 0. The zero-order chi connectivity index (χ0) is 25.8. The minimum absolute atomic E-state index is 0.0719. The number of benzene rings is 3. The van der Waals surface area contributed by atoms with Gasteiger partial charge in [0.25, 0.3) is 0 Å². The van der Waals surface area contributed by atoms with Crippen LogP contribution >= 0.6 is 0 Å². The number of carbonyl (C=O) groups is 1. The van der Waals surface area contributed by atoms with Gasteiger partial charge < -0.3 is 14.6 Å². The van der Waals surface area contributed by atoms with Crippen LogP contribution in [0.2, 0.25) is 0 Å². The molecule has 1 N–H and O–H groups in total. The molecular formula is C30H33FN4O2. The molecule has 1 amide bonds. The first kappa shape index (κ1) is 25.1. The molecule has 1 aliphatic heterocycles. The fraction of sp³-hybridized carbons (Fsp3) is 0.333. The van der Waals surface area contributed by atoms with Crippen molar-refractivity contribution in [2.75, 3.05) is 39.4 Å². The van der Waals surface area contributed by atoms with Gasteiger partial charge in [-0.1, -0.05) is 42.5 Å². The molecule has 0 spiro atoms. The fourth-order valence-corrected chi connectivity index (χ4v) is 4.91. The van der Waals surface area contributed by atoms with Crippen molar-refractivity contribution in [3.8, 4) is 0 Å². The first-order chi connectivity index (χ1) is 18.0. The summed E-state index contributed by atoms with van der Waals surface area (Å²) >= 11 is 0. The minimum atomic E-state index is -0.589. The Kier molecular flexibility index (Phi) is 7.63. The summed E-state index contributed by atoms with van der Waals surface area (Å²) in [5, 5.41) is 3.19. The van der Waals surface area contributed by atoms with Crippen LogP contribution < -0.4 is 5.32 Å². The summed E-state index contributed by atoms with van der Waals surface area (Å²) in [4.78, 5) is 21.2. The molecule has 0 aliphatic carbocycles. The molecule has 1 fully saturated rings. The zero-order valence-corrected chi connectivity index (χ0v) is 21.4. The molecule has 7 heteroatoms. The van der Waals surface area contributed by atoms with E-state index in [4.69, 9.17) is 9.72 Å². The molecule has 1 saturated heterocycles. The Morgan fingerprint density at radius 2 is 1.73 bits per heavy atom. The maximum absolute atomic E-state index is 13.9. The van der Waals surface area contributed by atoms with Gasteiger partial charge in [-0.25, -0.2) is 9.37 Å². The highest BCUT2D eigenvalue weighted by molar-refractivity contribution is 5.87. The van der Waals surface area contributed by atoms with Crippen molar-refractivity contribution in [2.24, 2.45) is 0 Å². The van der Waals surface area contributed by atoms with E-state index < -0.39 is 6.04 Å². The summed E-state index contributed by atoms with van der Waals surface area (Å²) in [6.45, 7) is 8.70. The van der Waals surface area contributed by atoms with E-state index in [9.17, 15) is 9.18 Å². The molecule has 1 aromatic heterocycles. The van der Waals surface area contributed by atoms with Crippen LogP contribution in [0, 0.1) is 19.7 Å². The maximum Gasteiger partial charge on any atom is 0.247 e. The molecule has 6 nitrogen and oxygen atoms in total. The lowest BCUT2D eigenvalue weighted by Gasteiger charge is -2.27. The van der Waals surface area contributed by atoms with Gasteiger partial charge in [0.15, 0.2) is 0 Å². The molecule has 0 saturated carbocycles. The van der Waals surface area contributed by atoms with Crippen LogP contribution in [0.3, 0.4) is 0 Å². The lowest BCUT2D eigenvalue weighted by Crippen LogP contribution is -2.43. The van der Waals surface area contributed by atoms with E-state index in [2.05, 4.69) is 40.8 Å². The van der Waals surface area contributed by atoms with Crippen molar-refractivity contribution in [1.29, 1.82) is 0 Å². The lowest BCUT2D eigenvalue weighted by molar-refractivity contribution is -0.123. The largest absolute Gasteiger partial charge is 0.379 e. The number of imidazole rings is 1. The Balaban J connectivity index is 1.54. The second-order valence-electron chi connectivity index (χ2n) is 9.68. The Hall–Kier alpha value is -3.55. The molecule has 0 bridgehead atoms. The minimum Gasteiger partial charge on any atom is -0.379 e. The molecule has 1 aliphatic rings.